The van der Waals surface area contributed by atoms with Crippen molar-refractivity contribution in [2.75, 3.05) is 7.11 Å². The van der Waals surface area contributed by atoms with Crippen molar-refractivity contribution >= 4 is 48.8 Å². The molecule has 2 aromatic carbocycles. The predicted octanol–water partition coefficient (Wildman–Crippen LogP) is 4.43. The Hall–Kier alpha value is -2.66. The maximum absolute atomic E-state index is 13.4. The number of sulfonamides is 1. The van der Waals surface area contributed by atoms with Crippen molar-refractivity contribution in [3.8, 4) is 10.6 Å². The zero-order chi connectivity index (χ0) is 21.3. The van der Waals surface area contributed by atoms with E-state index in [0.29, 0.717) is 15.1 Å². The van der Waals surface area contributed by atoms with E-state index in [9.17, 15) is 17.6 Å². The number of hydrogen-bond acceptors (Lipinski definition) is 7. The number of methoxy groups -OCH3 is 1. The molecule has 0 aliphatic rings. The summed E-state index contributed by atoms with van der Waals surface area (Å²) >= 11 is 2.39. The van der Waals surface area contributed by atoms with Gasteiger partial charge in [-0.25, -0.2) is 27.3 Å². The fourth-order valence-electron chi connectivity index (χ4n) is 2.79. The zero-order valence-corrected chi connectivity index (χ0v) is 18.0. The molecule has 4 rings (SSSR count). The van der Waals surface area contributed by atoms with Gasteiger partial charge < -0.3 is 4.74 Å². The van der Waals surface area contributed by atoms with Crippen LogP contribution in [0.15, 0.2) is 58.1 Å². The molecule has 2 heterocycles. The lowest BCUT2D eigenvalue weighted by atomic mass is 10.1. The molecule has 0 amide bonds. The number of nitrogens with zero attached hydrogens (tertiary/aromatic N) is 1. The van der Waals surface area contributed by atoms with E-state index in [4.69, 9.17) is 0 Å². The number of rotatable bonds is 6. The standard InChI is InChI=1S/C20H15FN2O4S3/c1-27-20(24)16-11-28-19(23-16)13-4-2-3-12(7-13)10-22-30(25,26)18-9-14-8-15(21)5-6-17(14)29-18/h2-9,11,22H,10H2,1H3. The number of nitrogens with one attached hydrogen (secondary N) is 1. The Morgan fingerprint density at radius 2 is 2.03 bits per heavy atom. The number of hydrogen-bond donors (Lipinski definition) is 1. The highest BCUT2D eigenvalue weighted by atomic mass is 32.2. The van der Waals surface area contributed by atoms with Gasteiger partial charge in [-0.1, -0.05) is 18.2 Å². The van der Waals surface area contributed by atoms with Crippen LogP contribution in [-0.4, -0.2) is 26.5 Å². The Morgan fingerprint density at radius 3 is 2.83 bits per heavy atom. The van der Waals surface area contributed by atoms with Gasteiger partial charge in [-0.2, -0.15) is 0 Å². The molecule has 0 radical (unpaired) electrons. The van der Waals surface area contributed by atoms with Crippen LogP contribution >= 0.6 is 22.7 Å². The third kappa shape index (κ3) is 4.26. The summed E-state index contributed by atoms with van der Waals surface area (Å²) in [4.78, 5) is 15.8. The topological polar surface area (TPSA) is 85.4 Å². The molecule has 0 aliphatic heterocycles. The summed E-state index contributed by atoms with van der Waals surface area (Å²) in [5.74, 6) is -0.920. The molecule has 0 spiro atoms. The van der Waals surface area contributed by atoms with Crippen LogP contribution in [0.5, 0.6) is 0 Å². The van der Waals surface area contributed by atoms with Crippen molar-refractivity contribution in [2.24, 2.45) is 0 Å². The summed E-state index contributed by atoms with van der Waals surface area (Å²) in [6, 6.07) is 12.9. The van der Waals surface area contributed by atoms with Gasteiger partial charge in [0.15, 0.2) is 5.69 Å². The Kier molecular flexibility index (Phi) is 5.65. The molecule has 0 bridgehead atoms. The van der Waals surface area contributed by atoms with Crippen molar-refractivity contribution in [2.45, 2.75) is 10.8 Å². The highest BCUT2D eigenvalue weighted by Gasteiger charge is 2.18. The summed E-state index contributed by atoms with van der Waals surface area (Å²) < 4.78 is 46.8. The first-order valence-corrected chi connectivity index (χ1v) is 11.9. The molecule has 0 aliphatic carbocycles. The SMILES string of the molecule is COC(=O)c1csc(-c2cccc(CNS(=O)(=O)c3cc4cc(F)ccc4s3)c2)n1. The van der Waals surface area contributed by atoms with E-state index in [-0.39, 0.29) is 16.4 Å². The van der Waals surface area contributed by atoms with E-state index >= 15 is 0 Å². The molecule has 6 nitrogen and oxygen atoms in total. The minimum atomic E-state index is -3.75. The quantitative estimate of drug-likeness (QED) is 0.429. The Balaban J connectivity index is 1.52. The van der Waals surface area contributed by atoms with Gasteiger partial charge in [-0.3, -0.25) is 0 Å². The van der Waals surface area contributed by atoms with Gasteiger partial charge in [0, 0.05) is 22.2 Å². The number of thiophene rings is 1. The van der Waals surface area contributed by atoms with Crippen molar-refractivity contribution in [1.29, 1.82) is 0 Å². The fraction of sp³-hybridized carbons (Fsp3) is 0.100. The van der Waals surface area contributed by atoms with E-state index in [1.165, 1.54) is 36.6 Å². The molecular weight excluding hydrogens is 447 g/mol. The summed E-state index contributed by atoms with van der Waals surface area (Å²) in [5, 5.41) is 2.79. The average Bonchev–Trinajstić information content (AvgIpc) is 3.39. The highest BCUT2D eigenvalue weighted by Crippen LogP contribution is 2.30. The highest BCUT2D eigenvalue weighted by molar-refractivity contribution is 7.91. The Bertz CT molecular complexity index is 1350. The lowest BCUT2D eigenvalue weighted by Gasteiger charge is -2.06. The van der Waals surface area contributed by atoms with Crippen LogP contribution in [0.4, 0.5) is 4.39 Å². The largest absolute Gasteiger partial charge is 0.464 e. The second kappa shape index (κ2) is 8.23. The molecule has 30 heavy (non-hydrogen) atoms. The van der Waals surface area contributed by atoms with E-state index in [1.54, 1.807) is 23.6 Å². The van der Waals surface area contributed by atoms with Gasteiger partial charge in [0.25, 0.3) is 0 Å². The van der Waals surface area contributed by atoms with Crippen LogP contribution in [0.3, 0.4) is 0 Å². The number of ether oxygens (including phenoxy) is 1. The van der Waals surface area contributed by atoms with E-state index in [2.05, 4.69) is 14.4 Å². The molecule has 0 atom stereocenters. The number of aromatic nitrogens is 1. The second-order valence-electron chi connectivity index (χ2n) is 6.30. The van der Waals surface area contributed by atoms with E-state index < -0.39 is 21.8 Å². The molecular formula is C20H15FN2O4S3. The smallest absolute Gasteiger partial charge is 0.357 e. The van der Waals surface area contributed by atoms with Crippen molar-refractivity contribution in [1.82, 2.24) is 9.71 Å². The molecule has 0 saturated heterocycles. The van der Waals surface area contributed by atoms with Gasteiger partial charge in [0.05, 0.1) is 7.11 Å². The maximum Gasteiger partial charge on any atom is 0.357 e. The fourth-order valence-corrected chi connectivity index (χ4v) is 6.02. The molecule has 2 aromatic heterocycles. The first kappa shape index (κ1) is 20.6. The first-order valence-electron chi connectivity index (χ1n) is 8.67. The summed E-state index contributed by atoms with van der Waals surface area (Å²) in [6.07, 6.45) is 0. The summed E-state index contributed by atoms with van der Waals surface area (Å²) in [7, 11) is -2.46. The molecule has 154 valence electrons. The number of fused-ring (bicyclic) bond motifs is 1. The molecule has 10 heteroatoms. The number of carbonyl (C=O) groups is 1. The van der Waals surface area contributed by atoms with Crippen LogP contribution in [0, 0.1) is 5.82 Å². The number of thiazole rings is 1. The first-order chi connectivity index (χ1) is 14.4. The maximum atomic E-state index is 13.4. The van der Waals surface area contributed by atoms with E-state index in [0.717, 1.165) is 22.5 Å². The van der Waals surface area contributed by atoms with Crippen LogP contribution < -0.4 is 4.72 Å². The molecule has 0 unspecified atom stereocenters. The Morgan fingerprint density at radius 1 is 1.20 bits per heavy atom. The molecule has 1 N–H and O–H groups in total. The van der Waals surface area contributed by atoms with Crippen LogP contribution in [0.1, 0.15) is 16.1 Å². The average molecular weight is 463 g/mol. The van der Waals surface area contributed by atoms with Crippen molar-refractivity contribution < 1.29 is 22.3 Å². The van der Waals surface area contributed by atoms with Crippen LogP contribution in [0.2, 0.25) is 0 Å². The van der Waals surface area contributed by atoms with Gasteiger partial charge in [0.1, 0.15) is 15.0 Å². The lowest BCUT2D eigenvalue weighted by molar-refractivity contribution is 0.0595. The molecule has 4 aromatic rings. The summed E-state index contributed by atoms with van der Waals surface area (Å²) in [5.41, 5.74) is 1.73. The van der Waals surface area contributed by atoms with Crippen LogP contribution in [-0.2, 0) is 21.3 Å². The molecule has 0 fully saturated rings. The lowest BCUT2D eigenvalue weighted by Crippen LogP contribution is -2.22. The monoisotopic (exact) mass is 462 g/mol. The minimum absolute atomic E-state index is 0.0774. The van der Waals surface area contributed by atoms with E-state index in [1.807, 2.05) is 12.1 Å². The third-order valence-corrected chi connectivity index (χ3v) is 8.14. The third-order valence-electron chi connectivity index (χ3n) is 4.26. The van der Waals surface area contributed by atoms with Crippen molar-refractivity contribution in [3.63, 3.8) is 0 Å². The number of carbonyl (C=O) groups excluding carboxylic acids is 1. The Labute approximate surface area is 180 Å². The summed E-state index contributed by atoms with van der Waals surface area (Å²) in [6.45, 7) is 0.0774. The minimum Gasteiger partial charge on any atom is -0.464 e. The second-order valence-corrected chi connectivity index (χ2v) is 10.2. The van der Waals surface area contributed by atoms with Gasteiger partial charge in [-0.15, -0.1) is 22.7 Å². The molecule has 0 saturated carbocycles. The van der Waals surface area contributed by atoms with Crippen molar-refractivity contribution in [3.05, 3.63) is 71.0 Å². The number of esters is 1. The van der Waals surface area contributed by atoms with Gasteiger partial charge in [-0.05, 0) is 41.3 Å². The zero-order valence-electron chi connectivity index (χ0n) is 15.6. The van der Waals surface area contributed by atoms with Gasteiger partial charge >= 0.3 is 5.97 Å². The predicted molar refractivity (Wildman–Crippen MR) is 115 cm³/mol. The normalized spacial score (nSPS) is 11.7. The number of halogens is 1. The number of benzene rings is 2. The van der Waals surface area contributed by atoms with Gasteiger partial charge in [0.2, 0.25) is 10.0 Å². The van der Waals surface area contributed by atoms with Crippen LogP contribution in [0.25, 0.3) is 20.7 Å².